The summed E-state index contributed by atoms with van der Waals surface area (Å²) in [5.41, 5.74) is -0.824. The van der Waals surface area contributed by atoms with E-state index >= 15 is 0 Å². The van der Waals surface area contributed by atoms with E-state index < -0.39 is 38.6 Å². The van der Waals surface area contributed by atoms with Gasteiger partial charge >= 0.3 is 0 Å². The molecular weight excluding hydrogens is 281 g/mol. The maximum atomic E-state index is 13.3. The van der Waals surface area contributed by atoms with Gasteiger partial charge in [0.2, 0.25) is 0 Å². The monoisotopic (exact) mass is 294 g/mol. The van der Waals surface area contributed by atoms with E-state index in [1.807, 2.05) is 0 Å². The van der Waals surface area contributed by atoms with Crippen LogP contribution in [0.2, 0.25) is 0 Å². The van der Waals surface area contributed by atoms with Crippen molar-refractivity contribution in [3.8, 4) is 0 Å². The number of Topliss-reactive ketones (excluding diaryl/α,β-unsaturated/α-hetero) is 1. The van der Waals surface area contributed by atoms with E-state index in [-0.39, 0.29) is 24.3 Å². The number of hydrogen-bond acceptors (Lipinski definition) is 3. The van der Waals surface area contributed by atoms with Gasteiger partial charge in [-0.1, -0.05) is 6.92 Å². The van der Waals surface area contributed by atoms with Crippen LogP contribution in [0.25, 0.3) is 0 Å². The van der Waals surface area contributed by atoms with Gasteiger partial charge in [0.1, 0.15) is 27.3 Å². The smallest absolute Gasteiger partial charge is 0.168 e. The number of hydrogen-bond donors (Lipinski definition) is 0. The van der Waals surface area contributed by atoms with Gasteiger partial charge in [-0.3, -0.25) is 4.79 Å². The lowest BCUT2D eigenvalue weighted by Gasteiger charge is -2.05. The summed E-state index contributed by atoms with van der Waals surface area (Å²) in [5, 5.41) is 0. The Morgan fingerprint density at radius 1 is 1.16 bits per heavy atom. The molecule has 0 saturated heterocycles. The van der Waals surface area contributed by atoms with E-state index in [9.17, 15) is 26.4 Å². The van der Waals surface area contributed by atoms with Gasteiger partial charge in [0.25, 0.3) is 0 Å². The minimum atomic E-state index is -3.22. The van der Waals surface area contributed by atoms with Gasteiger partial charge in [-0.2, -0.15) is 0 Å². The molecule has 0 bridgehead atoms. The van der Waals surface area contributed by atoms with Crippen molar-refractivity contribution in [1.82, 2.24) is 0 Å². The summed E-state index contributed by atoms with van der Waals surface area (Å²) in [5.74, 6) is -4.82. The molecule has 0 amide bonds. The first-order valence-corrected chi connectivity index (χ1v) is 7.47. The van der Waals surface area contributed by atoms with Crippen molar-refractivity contribution in [3.05, 3.63) is 35.1 Å². The summed E-state index contributed by atoms with van der Waals surface area (Å²) in [4.78, 5) is 11.6. The first-order valence-electron chi connectivity index (χ1n) is 5.65. The molecule has 0 atom stereocenters. The fraction of sp³-hybridized carbons (Fsp3) is 0.417. The molecule has 0 saturated carbocycles. The molecule has 19 heavy (non-hydrogen) atoms. The van der Waals surface area contributed by atoms with Crippen molar-refractivity contribution in [2.45, 2.75) is 19.8 Å². The lowest BCUT2D eigenvalue weighted by atomic mass is 10.1. The summed E-state index contributed by atoms with van der Waals surface area (Å²) in [7, 11) is -3.22. The molecule has 0 aromatic heterocycles. The molecule has 0 aliphatic rings. The lowest BCUT2D eigenvalue weighted by Crippen LogP contribution is -2.12. The van der Waals surface area contributed by atoms with E-state index in [1.165, 1.54) is 6.92 Å². The minimum absolute atomic E-state index is 0.0226. The van der Waals surface area contributed by atoms with Crippen LogP contribution in [0, 0.1) is 17.5 Å². The second kappa shape index (κ2) is 6.18. The maximum absolute atomic E-state index is 13.3. The average Bonchev–Trinajstić information content (AvgIpc) is 2.27. The van der Waals surface area contributed by atoms with Crippen molar-refractivity contribution in [2.24, 2.45) is 0 Å². The van der Waals surface area contributed by atoms with Crippen LogP contribution >= 0.6 is 0 Å². The summed E-state index contributed by atoms with van der Waals surface area (Å²) in [6, 6.07) is 0.832. The Labute approximate surface area is 109 Å². The molecule has 1 rings (SSSR count). The van der Waals surface area contributed by atoms with Crippen LogP contribution < -0.4 is 0 Å². The highest BCUT2D eigenvalue weighted by atomic mass is 32.2. The number of rotatable bonds is 6. The third-order valence-electron chi connectivity index (χ3n) is 2.58. The van der Waals surface area contributed by atoms with Gasteiger partial charge in [0, 0.05) is 24.3 Å². The SMILES string of the molecule is CCS(=O)(=O)CCCC(=O)c1c(F)cc(F)cc1F. The van der Waals surface area contributed by atoms with Gasteiger partial charge in [0.15, 0.2) is 5.78 Å². The van der Waals surface area contributed by atoms with Gasteiger partial charge in [-0.15, -0.1) is 0 Å². The molecule has 0 N–H and O–H groups in total. The lowest BCUT2D eigenvalue weighted by molar-refractivity contribution is 0.0973. The second-order valence-electron chi connectivity index (χ2n) is 4.01. The molecule has 1 aromatic carbocycles. The van der Waals surface area contributed by atoms with E-state index in [2.05, 4.69) is 0 Å². The molecule has 1 aromatic rings. The van der Waals surface area contributed by atoms with Gasteiger partial charge < -0.3 is 0 Å². The quantitative estimate of drug-likeness (QED) is 0.757. The van der Waals surface area contributed by atoms with E-state index in [0.717, 1.165) is 0 Å². The van der Waals surface area contributed by atoms with Crippen LogP contribution in [0.1, 0.15) is 30.1 Å². The van der Waals surface area contributed by atoms with Crippen LogP contribution in [0.4, 0.5) is 13.2 Å². The molecule has 0 aliphatic heterocycles. The predicted octanol–water partition coefficient (Wildman–Crippen LogP) is 2.50. The third-order valence-corrected chi connectivity index (χ3v) is 4.38. The molecule has 7 heteroatoms. The summed E-state index contributed by atoms with van der Waals surface area (Å²) in [6.45, 7) is 1.47. The molecule has 0 aliphatic carbocycles. The Balaban J connectivity index is 2.75. The molecule has 0 spiro atoms. The summed E-state index contributed by atoms with van der Waals surface area (Å²) >= 11 is 0. The molecule has 0 heterocycles. The first kappa shape index (κ1) is 15.7. The number of halogens is 3. The minimum Gasteiger partial charge on any atom is -0.294 e. The molecule has 3 nitrogen and oxygen atoms in total. The van der Waals surface area contributed by atoms with Crippen LogP contribution in [0.15, 0.2) is 12.1 Å². The fourth-order valence-electron chi connectivity index (χ4n) is 1.53. The zero-order valence-electron chi connectivity index (χ0n) is 10.3. The second-order valence-corrected chi connectivity index (χ2v) is 6.48. The average molecular weight is 294 g/mol. The summed E-state index contributed by atoms with van der Waals surface area (Å²) < 4.78 is 61.6. The van der Waals surface area contributed by atoms with Crippen LogP contribution in [0.3, 0.4) is 0 Å². The van der Waals surface area contributed by atoms with Crippen LogP contribution in [-0.4, -0.2) is 25.7 Å². The van der Waals surface area contributed by atoms with Crippen LogP contribution in [-0.2, 0) is 9.84 Å². The fourth-order valence-corrected chi connectivity index (χ4v) is 2.40. The number of carbonyl (C=O) groups excluding carboxylic acids is 1. The van der Waals surface area contributed by atoms with Crippen molar-refractivity contribution in [1.29, 1.82) is 0 Å². The zero-order chi connectivity index (χ0) is 14.6. The molecular formula is C12H13F3O3S. The van der Waals surface area contributed by atoms with E-state index in [0.29, 0.717) is 12.1 Å². The number of benzene rings is 1. The Morgan fingerprint density at radius 2 is 1.68 bits per heavy atom. The highest BCUT2D eigenvalue weighted by molar-refractivity contribution is 7.91. The molecule has 0 fully saturated rings. The highest BCUT2D eigenvalue weighted by Crippen LogP contribution is 2.17. The predicted molar refractivity (Wildman–Crippen MR) is 64.2 cm³/mol. The molecule has 106 valence electrons. The topological polar surface area (TPSA) is 51.2 Å². The van der Waals surface area contributed by atoms with Crippen LogP contribution in [0.5, 0.6) is 0 Å². The normalized spacial score (nSPS) is 11.6. The Morgan fingerprint density at radius 3 is 2.16 bits per heavy atom. The van der Waals surface area contributed by atoms with Crippen molar-refractivity contribution in [3.63, 3.8) is 0 Å². The molecule has 0 radical (unpaired) electrons. The van der Waals surface area contributed by atoms with Crippen molar-refractivity contribution >= 4 is 15.6 Å². The van der Waals surface area contributed by atoms with Crippen molar-refractivity contribution < 1.29 is 26.4 Å². The standard InChI is InChI=1S/C12H13F3O3S/c1-2-19(17,18)5-3-4-11(16)12-9(14)6-8(13)7-10(12)15/h6-7H,2-5H2,1H3. The van der Waals surface area contributed by atoms with Gasteiger partial charge in [-0.25, -0.2) is 21.6 Å². The Kier molecular flexibility index (Phi) is 5.11. The summed E-state index contributed by atoms with van der Waals surface area (Å²) in [6.07, 6.45) is -0.329. The van der Waals surface area contributed by atoms with E-state index in [1.54, 1.807) is 0 Å². The highest BCUT2D eigenvalue weighted by Gasteiger charge is 2.19. The molecule has 0 unspecified atom stereocenters. The number of ketones is 1. The van der Waals surface area contributed by atoms with Gasteiger partial charge in [-0.05, 0) is 6.42 Å². The van der Waals surface area contributed by atoms with Gasteiger partial charge in [0.05, 0.1) is 11.3 Å². The number of carbonyl (C=O) groups is 1. The number of sulfone groups is 1. The largest absolute Gasteiger partial charge is 0.294 e. The Hall–Kier alpha value is -1.37. The third kappa shape index (κ3) is 4.34. The van der Waals surface area contributed by atoms with Crippen molar-refractivity contribution in [2.75, 3.05) is 11.5 Å². The van der Waals surface area contributed by atoms with E-state index in [4.69, 9.17) is 0 Å². The Bertz CT molecular complexity index is 559. The maximum Gasteiger partial charge on any atom is 0.168 e. The first-order chi connectivity index (χ1) is 8.76. The zero-order valence-corrected chi connectivity index (χ0v) is 11.1.